The summed E-state index contributed by atoms with van der Waals surface area (Å²) in [5.74, 6) is 0. The van der Waals surface area contributed by atoms with E-state index < -0.39 is 0 Å². The molecule has 0 amide bonds. The highest BCUT2D eigenvalue weighted by molar-refractivity contribution is 4.92. The maximum absolute atomic E-state index is 5.93. The van der Waals surface area contributed by atoms with Crippen LogP contribution in [-0.2, 0) is 4.74 Å². The van der Waals surface area contributed by atoms with Crippen molar-refractivity contribution in [1.29, 1.82) is 0 Å². The largest absolute Gasteiger partial charge is 0.381 e. The summed E-state index contributed by atoms with van der Waals surface area (Å²) in [6.45, 7) is 7.20. The SMILES string of the molecule is CCCN(CC1(CN)CCOC1)C1CC1. The Morgan fingerprint density at radius 3 is 2.73 bits per heavy atom. The Bertz CT molecular complexity index is 198. The molecule has 0 aromatic heterocycles. The van der Waals surface area contributed by atoms with Crippen LogP contribution >= 0.6 is 0 Å². The summed E-state index contributed by atoms with van der Waals surface area (Å²) in [7, 11) is 0. The van der Waals surface area contributed by atoms with Gasteiger partial charge in [0.15, 0.2) is 0 Å². The Labute approximate surface area is 93.0 Å². The quantitative estimate of drug-likeness (QED) is 0.719. The van der Waals surface area contributed by atoms with Gasteiger partial charge >= 0.3 is 0 Å². The van der Waals surface area contributed by atoms with Crippen molar-refractivity contribution in [3.05, 3.63) is 0 Å². The van der Waals surface area contributed by atoms with Gasteiger partial charge in [-0.1, -0.05) is 6.92 Å². The zero-order valence-corrected chi connectivity index (χ0v) is 9.87. The van der Waals surface area contributed by atoms with Crippen LogP contribution in [-0.4, -0.2) is 43.8 Å². The molecule has 1 saturated heterocycles. The fourth-order valence-corrected chi connectivity index (χ4v) is 2.55. The molecule has 0 bridgehead atoms. The first-order valence-corrected chi connectivity index (χ1v) is 6.31. The van der Waals surface area contributed by atoms with Crippen molar-refractivity contribution >= 4 is 0 Å². The van der Waals surface area contributed by atoms with Gasteiger partial charge in [-0.25, -0.2) is 0 Å². The number of ether oxygens (including phenoxy) is 1. The lowest BCUT2D eigenvalue weighted by Crippen LogP contribution is -2.44. The van der Waals surface area contributed by atoms with Crippen LogP contribution in [0.25, 0.3) is 0 Å². The molecule has 2 aliphatic rings. The summed E-state index contributed by atoms with van der Waals surface area (Å²) in [6, 6.07) is 0.856. The molecule has 88 valence electrons. The Morgan fingerprint density at radius 2 is 2.27 bits per heavy atom. The van der Waals surface area contributed by atoms with Crippen molar-refractivity contribution in [3.8, 4) is 0 Å². The number of nitrogens with two attached hydrogens (primary N) is 1. The Balaban J connectivity index is 1.90. The third kappa shape index (κ3) is 2.71. The van der Waals surface area contributed by atoms with Gasteiger partial charge in [0.2, 0.25) is 0 Å². The molecule has 2 N–H and O–H groups in total. The van der Waals surface area contributed by atoms with Crippen LogP contribution in [0.2, 0.25) is 0 Å². The van der Waals surface area contributed by atoms with Gasteiger partial charge in [-0.2, -0.15) is 0 Å². The topological polar surface area (TPSA) is 38.5 Å². The maximum atomic E-state index is 5.93. The minimum absolute atomic E-state index is 0.262. The molecule has 3 nitrogen and oxygen atoms in total. The van der Waals surface area contributed by atoms with Crippen molar-refractivity contribution < 1.29 is 4.74 Å². The third-order valence-corrected chi connectivity index (χ3v) is 3.73. The predicted molar refractivity (Wildman–Crippen MR) is 61.8 cm³/mol. The molecule has 2 rings (SSSR count). The summed E-state index contributed by atoms with van der Waals surface area (Å²) < 4.78 is 5.52. The molecule has 0 spiro atoms. The van der Waals surface area contributed by atoms with Crippen molar-refractivity contribution in [1.82, 2.24) is 4.90 Å². The molecular formula is C12H24N2O. The van der Waals surface area contributed by atoms with Crippen molar-refractivity contribution in [2.45, 2.75) is 38.6 Å². The first-order chi connectivity index (χ1) is 7.29. The minimum Gasteiger partial charge on any atom is -0.381 e. The average molecular weight is 212 g/mol. The molecule has 1 saturated carbocycles. The summed E-state index contributed by atoms with van der Waals surface area (Å²) in [5.41, 5.74) is 6.19. The number of rotatable bonds is 6. The molecule has 1 atom stereocenters. The van der Waals surface area contributed by atoms with E-state index in [1.807, 2.05) is 0 Å². The molecule has 2 fully saturated rings. The summed E-state index contributed by atoms with van der Waals surface area (Å²) in [6.07, 6.45) is 5.18. The Hall–Kier alpha value is -0.120. The third-order valence-electron chi connectivity index (χ3n) is 3.73. The highest BCUT2D eigenvalue weighted by atomic mass is 16.5. The lowest BCUT2D eigenvalue weighted by molar-refractivity contribution is 0.111. The van der Waals surface area contributed by atoms with Crippen molar-refractivity contribution in [2.24, 2.45) is 11.1 Å². The normalized spacial score (nSPS) is 31.4. The van der Waals surface area contributed by atoms with Crippen LogP contribution in [0.1, 0.15) is 32.6 Å². The first-order valence-electron chi connectivity index (χ1n) is 6.31. The summed E-state index contributed by atoms with van der Waals surface area (Å²) in [4.78, 5) is 2.64. The van der Waals surface area contributed by atoms with E-state index in [1.165, 1.54) is 25.8 Å². The maximum Gasteiger partial charge on any atom is 0.0547 e. The zero-order valence-electron chi connectivity index (χ0n) is 9.87. The molecule has 0 radical (unpaired) electrons. The summed E-state index contributed by atoms with van der Waals surface area (Å²) >= 11 is 0. The van der Waals surface area contributed by atoms with E-state index in [0.717, 1.165) is 38.8 Å². The predicted octanol–water partition coefficient (Wildman–Crippen LogP) is 1.23. The van der Waals surface area contributed by atoms with E-state index in [1.54, 1.807) is 0 Å². The fourth-order valence-electron chi connectivity index (χ4n) is 2.55. The van der Waals surface area contributed by atoms with Crippen molar-refractivity contribution in [3.63, 3.8) is 0 Å². The van der Waals surface area contributed by atoms with E-state index in [9.17, 15) is 0 Å². The molecule has 1 aliphatic heterocycles. The first kappa shape index (κ1) is 11.4. The van der Waals surface area contributed by atoms with Crippen LogP contribution in [0.4, 0.5) is 0 Å². The average Bonchev–Trinajstić information content (AvgIpc) is 3.00. The second kappa shape index (κ2) is 4.81. The van der Waals surface area contributed by atoms with E-state index in [0.29, 0.717) is 0 Å². The second-order valence-corrected chi connectivity index (χ2v) is 5.21. The molecule has 0 aromatic rings. The smallest absolute Gasteiger partial charge is 0.0547 e. The number of hydrogen-bond donors (Lipinski definition) is 1. The number of nitrogens with zero attached hydrogens (tertiary/aromatic N) is 1. The second-order valence-electron chi connectivity index (χ2n) is 5.21. The standard InChI is InChI=1S/C12H24N2O/c1-2-6-14(11-3-4-11)9-12(8-13)5-7-15-10-12/h11H,2-10,13H2,1H3. The molecule has 3 heteroatoms. The van der Waals surface area contributed by atoms with Gasteiger partial charge in [-0.05, 0) is 32.2 Å². The zero-order chi connectivity index (χ0) is 10.7. The molecule has 0 aromatic carbocycles. The Morgan fingerprint density at radius 1 is 1.47 bits per heavy atom. The Kier molecular flexibility index (Phi) is 3.65. The van der Waals surface area contributed by atoms with E-state index in [4.69, 9.17) is 10.5 Å². The van der Waals surface area contributed by atoms with Crippen molar-refractivity contribution in [2.75, 3.05) is 32.8 Å². The van der Waals surface area contributed by atoms with Gasteiger partial charge in [0, 0.05) is 31.2 Å². The monoisotopic (exact) mass is 212 g/mol. The number of hydrogen-bond acceptors (Lipinski definition) is 3. The van der Waals surface area contributed by atoms with Crippen LogP contribution in [0, 0.1) is 5.41 Å². The van der Waals surface area contributed by atoms with E-state index in [-0.39, 0.29) is 5.41 Å². The summed E-state index contributed by atoms with van der Waals surface area (Å²) in [5, 5.41) is 0. The van der Waals surface area contributed by atoms with Gasteiger partial charge in [-0.15, -0.1) is 0 Å². The van der Waals surface area contributed by atoms with Crippen LogP contribution in [0.5, 0.6) is 0 Å². The van der Waals surface area contributed by atoms with E-state index >= 15 is 0 Å². The molecule has 1 heterocycles. The van der Waals surface area contributed by atoms with Gasteiger partial charge in [0.05, 0.1) is 6.61 Å². The van der Waals surface area contributed by atoms with Crippen LogP contribution in [0.15, 0.2) is 0 Å². The van der Waals surface area contributed by atoms with E-state index in [2.05, 4.69) is 11.8 Å². The fraction of sp³-hybridized carbons (Fsp3) is 1.00. The van der Waals surface area contributed by atoms with Gasteiger partial charge in [0.25, 0.3) is 0 Å². The lowest BCUT2D eigenvalue weighted by Gasteiger charge is -2.33. The molecular weight excluding hydrogens is 188 g/mol. The van der Waals surface area contributed by atoms with Gasteiger partial charge in [0.1, 0.15) is 0 Å². The highest BCUT2D eigenvalue weighted by Gasteiger charge is 2.39. The molecule has 15 heavy (non-hydrogen) atoms. The van der Waals surface area contributed by atoms with Gasteiger partial charge < -0.3 is 10.5 Å². The lowest BCUT2D eigenvalue weighted by atomic mass is 9.86. The van der Waals surface area contributed by atoms with Crippen LogP contribution < -0.4 is 5.73 Å². The molecule has 1 aliphatic carbocycles. The van der Waals surface area contributed by atoms with Gasteiger partial charge in [-0.3, -0.25) is 4.90 Å². The minimum atomic E-state index is 0.262. The highest BCUT2D eigenvalue weighted by Crippen LogP contribution is 2.34. The van der Waals surface area contributed by atoms with Crippen LogP contribution in [0.3, 0.4) is 0 Å². The molecule has 1 unspecified atom stereocenters.